The van der Waals surface area contributed by atoms with Crippen molar-refractivity contribution in [2.75, 3.05) is 0 Å². The van der Waals surface area contributed by atoms with Crippen LogP contribution < -0.4 is 0 Å². The Balaban J connectivity index is 3.07. The van der Waals surface area contributed by atoms with E-state index in [1.165, 1.54) is 12.2 Å². The zero-order chi connectivity index (χ0) is 8.97. The summed E-state index contributed by atoms with van der Waals surface area (Å²) >= 11 is 5.62. The van der Waals surface area contributed by atoms with E-state index < -0.39 is 0 Å². The van der Waals surface area contributed by atoms with Gasteiger partial charge in [0, 0.05) is 5.56 Å². The van der Waals surface area contributed by atoms with E-state index >= 15 is 0 Å². The first-order chi connectivity index (χ1) is 5.75. The molecule has 0 radical (unpaired) electrons. The number of carbonyl (C=O) groups is 1. The summed E-state index contributed by atoms with van der Waals surface area (Å²) in [5.74, 6) is -0.00253. The van der Waals surface area contributed by atoms with Gasteiger partial charge in [-0.3, -0.25) is 4.79 Å². The van der Waals surface area contributed by atoms with Gasteiger partial charge < -0.3 is 5.11 Å². The van der Waals surface area contributed by atoms with Crippen LogP contribution in [0.4, 0.5) is 0 Å². The molecule has 2 nitrogen and oxygen atoms in total. The number of allylic oxidation sites excluding steroid dienone is 1. The number of carbonyl (C=O) groups excluding carboxylic acids is 1. The molecule has 3 heteroatoms. The van der Waals surface area contributed by atoms with Crippen LogP contribution in [-0.2, 0) is 4.79 Å². The maximum atomic E-state index is 9.97. The number of rotatable bonds is 2. The molecule has 0 amide bonds. The second-order valence-electron chi connectivity index (χ2n) is 2.17. The highest BCUT2D eigenvalue weighted by Gasteiger charge is 2.00. The number of phenols is 1. The average Bonchev–Trinajstić information content (AvgIpc) is 2.08. The van der Waals surface area contributed by atoms with Crippen molar-refractivity contribution in [3.8, 4) is 5.75 Å². The molecule has 0 aliphatic rings. The highest BCUT2D eigenvalue weighted by molar-refractivity contribution is 6.32. The molecule has 0 fully saturated rings. The minimum atomic E-state index is -0.00253. The Labute approximate surface area is 75.1 Å². The fourth-order valence-electron chi connectivity index (χ4n) is 0.809. The maximum absolute atomic E-state index is 9.97. The number of para-hydroxylation sites is 1. The van der Waals surface area contributed by atoms with Crippen LogP contribution >= 0.6 is 11.6 Å². The zero-order valence-corrected chi connectivity index (χ0v) is 6.95. The Morgan fingerprint density at radius 1 is 1.42 bits per heavy atom. The topological polar surface area (TPSA) is 37.3 Å². The largest absolute Gasteiger partial charge is 0.506 e. The summed E-state index contributed by atoms with van der Waals surface area (Å²) in [6, 6.07) is 4.95. The molecule has 0 heterocycles. The predicted molar refractivity (Wildman–Crippen MR) is 48.2 cm³/mol. The lowest BCUT2D eigenvalue weighted by Gasteiger charge is -1.99. The molecule has 0 saturated carbocycles. The quantitative estimate of drug-likeness (QED) is 0.563. The molecule has 0 atom stereocenters. The van der Waals surface area contributed by atoms with E-state index in [2.05, 4.69) is 0 Å². The first kappa shape index (κ1) is 8.81. The van der Waals surface area contributed by atoms with Crippen molar-refractivity contribution >= 4 is 24.0 Å². The molecule has 1 aromatic rings. The number of phenolic OH excluding ortho intramolecular Hbond substituents is 1. The standard InChI is InChI=1S/C9H7ClO2/c10-8-5-1-3-7(9(8)12)4-2-6-11/h1-6,12H/b4-2+. The van der Waals surface area contributed by atoms with Gasteiger partial charge in [-0.1, -0.05) is 23.7 Å². The molecule has 1 N–H and O–H groups in total. The molecule has 0 bridgehead atoms. The van der Waals surface area contributed by atoms with Crippen LogP contribution in [0.3, 0.4) is 0 Å². The Morgan fingerprint density at radius 3 is 2.83 bits per heavy atom. The third kappa shape index (κ3) is 1.86. The van der Waals surface area contributed by atoms with Crippen LogP contribution in [-0.4, -0.2) is 11.4 Å². The van der Waals surface area contributed by atoms with E-state index in [9.17, 15) is 9.90 Å². The number of benzene rings is 1. The number of hydrogen-bond acceptors (Lipinski definition) is 2. The van der Waals surface area contributed by atoms with Crippen LogP contribution in [0.25, 0.3) is 6.08 Å². The van der Waals surface area contributed by atoms with Crippen molar-refractivity contribution in [3.63, 3.8) is 0 Å². The Hall–Kier alpha value is -1.28. The third-order valence-electron chi connectivity index (χ3n) is 1.37. The number of aldehydes is 1. The Bertz CT molecular complexity index is 318. The number of aromatic hydroxyl groups is 1. The fraction of sp³-hybridized carbons (Fsp3) is 0. The van der Waals surface area contributed by atoms with E-state index in [0.717, 1.165) is 0 Å². The van der Waals surface area contributed by atoms with Gasteiger partial charge >= 0.3 is 0 Å². The SMILES string of the molecule is O=C/C=C/c1cccc(Cl)c1O. The lowest BCUT2D eigenvalue weighted by atomic mass is 10.2. The molecular formula is C9H7ClO2. The summed E-state index contributed by atoms with van der Waals surface area (Å²) in [5.41, 5.74) is 0.537. The van der Waals surface area contributed by atoms with Crippen LogP contribution in [0.5, 0.6) is 5.75 Å². The van der Waals surface area contributed by atoms with Gasteiger partial charge in [-0.05, 0) is 18.2 Å². The van der Waals surface area contributed by atoms with Gasteiger partial charge in [-0.25, -0.2) is 0 Å². The van der Waals surface area contributed by atoms with Crippen molar-refractivity contribution < 1.29 is 9.90 Å². The van der Waals surface area contributed by atoms with Crippen molar-refractivity contribution in [1.82, 2.24) is 0 Å². The van der Waals surface area contributed by atoms with E-state index in [1.807, 2.05) is 0 Å². The molecule has 0 aromatic heterocycles. The van der Waals surface area contributed by atoms with Gasteiger partial charge in [-0.15, -0.1) is 0 Å². The minimum Gasteiger partial charge on any atom is -0.506 e. The fourth-order valence-corrected chi connectivity index (χ4v) is 0.991. The van der Waals surface area contributed by atoms with Crippen molar-refractivity contribution in [2.24, 2.45) is 0 Å². The molecule has 12 heavy (non-hydrogen) atoms. The first-order valence-corrected chi connectivity index (χ1v) is 3.73. The van der Waals surface area contributed by atoms with E-state index in [4.69, 9.17) is 11.6 Å². The van der Waals surface area contributed by atoms with Crippen molar-refractivity contribution in [1.29, 1.82) is 0 Å². The maximum Gasteiger partial charge on any atom is 0.142 e. The second kappa shape index (κ2) is 3.93. The third-order valence-corrected chi connectivity index (χ3v) is 1.68. The average molecular weight is 183 g/mol. The van der Waals surface area contributed by atoms with Crippen molar-refractivity contribution in [3.05, 3.63) is 34.9 Å². The molecule has 1 aromatic carbocycles. The van der Waals surface area contributed by atoms with Gasteiger partial charge in [0.05, 0.1) is 5.02 Å². The predicted octanol–water partition coefficient (Wildman–Crippen LogP) is 2.26. The number of hydrogen-bond donors (Lipinski definition) is 1. The Morgan fingerprint density at radius 2 is 2.17 bits per heavy atom. The van der Waals surface area contributed by atoms with E-state index in [0.29, 0.717) is 11.8 Å². The zero-order valence-electron chi connectivity index (χ0n) is 6.20. The first-order valence-electron chi connectivity index (χ1n) is 3.35. The summed E-state index contributed by atoms with van der Waals surface area (Å²) in [6.07, 6.45) is 3.43. The van der Waals surface area contributed by atoms with Crippen LogP contribution in [0.2, 0.25) is 5.02 Å². The lowest BCUT2D eigenvalue weighted by Crippen LogP contribution is -1.75. The van der Waals surface area contributed by atoms with Crippen LogP contribution in [0, 0.1) is 0 Å². The molecule has 0 unspecified atom stereocenters. The highest BCUT2D eigenvalue weighted by atomic mass is 35.5. The van der Waals surface area contributed by atoms with E-state index in [-0.39, 0.29) is 10.8 Å². The molecule has 1 rings (SSSR count). The molecule has 62 valence electrons. The van der Waals surface area contributed by atoms with E-state index in [1.54, 1.807) is 18.2 Å². The molecule has 0 aliphatic heterocycles. The normalized spacial score (nSPS) is 10.4. The second-order valence-corrected chi connectivity index (χ2v) is 2.58. The van der Waals surface area contributed by atoms with Gasteiger partial charge in [0.1, 0.15) is 12.0 Å². The smallest absolute Gasteiger partial charge is 0.142 e. The van der Waals surface area contributed by atoms with Gasteiger partial charge in [0.2, 0.25) is 0 Å². The van der Waals surface area contributed by atoms with Gasteiger partial charge in [0.15, 0.2) is 0 Å². The molecule has 0 saturated heterocycles. The van der Waals surface area contributed by atoms with Crippen LogP contribution in [0.1, 0.15) is 5.56 Å². The summed E-state index contributed by atoms with van der Waals surface area (Å²) < 4.78 is 0. The summed E-state index contributed by atoms with van der Waals surface area (Å²) in [5, 5.41) is 9.61. The molecule has 0 spiro atoms. The lowest BCUT2D eigenvalue weighted by molar-refractivity contribution is -0.104. The monoisotopic (exact) mass is 182 g/mol. The summed E-state index contributed by atoms with van der Waals surface area (Å²) in [4.78, 5) is 9.97. The molecular weight excluding hydrogens is 176 g/mol. The van der Waals surface area contributed by atoms with Gasteiger partial charge in [-0.2, -0.15) is 0 Å². The summed E-state index contributed by atoms with van der Waals surface area (Å²) in [7, 11) is 0. The van der Waals surface area contributed by atoms with Gasteiger partial charge in [0.25, 0.3) is 0 Å². The van der Waals surface area contributed by atoms with Crippen LogP contribution in [0.15, 0.2) is 24.3 Å². The molecule has 0 aliphatic carbocycles. The van der Waals surface area contributed by atoms with Crippen molar-refractivity contribution in [2.45, 2.75) is 0 Å². The summed E-state index contributed by atoms with van der Waals surface area (Å²) in [6.45, 7) is 0. The Kier molecular flexibility index (Phi) is 2.88. The number of halogens is 1. The minimum absolute atomic E-state index is 0.00253. The highest BCUT2D eigenvalue weighted by Crippen LogP contribution is 2.27.